The summed E-state index contributed by atoms with van der Waals surface area (Å²) in [7, 11) is 0. The van der Waals surface area contributed by atoms with Crippen LogP contribution in [0.2, 0.25) is 0 Å². The first kappa shape index (κ1) is 8.15. The van der Waals surface area contributed by atoms with Crippen molar-refractivity contribution in [2.45, 2.75) is 6.42 Å². The molecule has 10 heavy (non-hydrogen) atoms. The SMILES string of the molecule is [Y].[c-]1nccc2c1CCO2. The third-order valence-electron chi connectivity index (χ3n) is 1.41. The fourth-order valence-electron chi connectivity index (χ4n) is 0.953. The predicted molar refractivity (Wildman–Crippen MR) is 32.3 cm³/mol. The summed E-state index contributed by atoms with van der Waals surface area (Å²) in [4.78, 5) is 3.85. The van der Waals surface area contributed by atoms with Crippen molar-refractivity contribution in [1.82, 2.24) is 4.98 Å². The summed E-state index contributed by atoms with van der Waals surface area (Å²) < 4.78 is 5.23. The molecule has 0 bridgehead atoms. The second-order valence-corrected chi connectivity index (χ2v) is 2.00. The Bertz CT molecular complexity index is 204. The molecule has 2 nitrogen and oxygen atoms in total. The average molecular weight is 209 g/mol. The molecule has 0 atom stereocenters. The summed E-state index contributed by atoms with van der Waals surface area (Å²) in [6, 6.07) is 1.87. The molecule has 2 rings (SSSR count). The van der Waals surface area contributed by atoms with Crippen LogP contribution >= 0.6 is 0 Å². The molecule has 0 saturated heterocycles. The molecule has 1 aliphatic rings. The third-order valence-corrected chi connectivity index (χ3v) is 1.41. The molecule has 1 radical (unpaired) electrons. The smallest absolute Gasteiger partial charge is 0.0736 e. The summed E-state index contributed by atoms with van der Waals surface area (Å²) in [5.41, 5.74) is 1.11. The minimum Gasteiger partial charge on any atom is -0.550 e. The first-order valence-electron chi connectivity index (χ1n) is 2.95. The van der Waals surface area contributed by atoms with Gasteiger partial charge in [-0.2, -0.15) is 0 Å². The Hall–Kier alpha value is 0.0539. The van der Waals surface area contributed by atoms with E-state index in [9.17, 15) is 0 Å². The van der Waals surface area contributed by atoms with Gasteiger partial charge in [0.2, 0.25) is 0 Å². The fourth-order valence-corrected chi connectivity index (χ4v) is 0.953. The van der Waals surface area contributed by atoms with Crippen molar-refractivity contribution < 1.29 is 37.4 Å². The molecule has 1 aromatic rings. The van der Waals surface area contributed by atoms with Crippen LogP contribution < -0.4 is 4.74 Å². The van der Waals surface area contributed by atoms with Crippen molar-refractivity contribution in [2.24, 2.45) is 0 Å². The number of fused-ring (bicyclic) bond motifs is 1. The zero-order valence-corrected chi connectivity index (χ0v) is 8.34. The van der Waals surface area contributed by atoms with Crippen LogP contribution in [0.1, 0.15) is 5.56 Å². The van der Waals surface area contributed by atoms with E-state index in [0.717, 1.165) is 24.3 Å². The van der Waals surface area contributed by atoms with Gasteiger partial charge in [0.05, 0.1) is 6.61 Å². The second-order valence-electron chi connectivity index (χ2n) is 2.00. The maximum atomic E-state index is 5.23. The van der Waals surface area contributed by atoms with Crippen LogP contribution in [0.3, 0.4) is 0 Å². The molecular weight excluding hydrogens is 203 g/mol. The van der Waals surface area contributed by atoms with Gasteiger partial charge in [0.15, 0.2) is 0 Å². The Morgan fingerprint density at radius 3 is 3.30 bits per heavy atom. The van der Waals surface area contributed by atoms with Gasteiger partial charge in [-0.3, -0.25) is 0 Å². The maximum absolute atomic E-state index is 5.23. The van der Waals surface area contributed by atoms with E-state index in [0.29, 0.717) is 0 Å². The topological polar surface area (TPSA) is 22.1 Å². The quantitative estimate of drug-likeness (QED) is 0.590. The summed E-state index contributed by atoms with van der Waals surface area (Å²) >= 11 is 0. The number of rotatable bonds is 0. The van der Waals surface area contributed by atoms with Gasteiger partial charge in [-0.1, -0.05) is 18.0 Å². The monoisotopic (exact) mass is 209 g/mol. The largest absolute Gasteiger partial charge is 0.550 e. The van der Waals surface area contributed by atoms with Gasteiger partial charge >= 0.3 is 0 Å². The van der Waals surface area contributed by atoms with Crippen molar-refractivity contribution >= 4 is 0 Å². The minimum absolute atomic E-state index is 0. The predicted octanol–water partition coefficient (Wildman–Crippen LogP) is 0.814. The van der Waals surface area contributed by atoms with E-state index < -0.39 is 0 Å². The van der Waals surface area contributed by atoms with E-state index in [4.69, 9.17) is 4.74 Å². The van der Waals surface area contributed by atoms with Gasteiger partial charge in [-0.25, -0.2) is 0 Å². The van der Waals surface area contributed by atoms with Crippen LogP contribution in [0.4, 0.5) is 0 Å². The minimum atomic E-state index is 0. The Labute approximate surface area is 84.9 Å². The van der Waals surface area contributed by atoms with Gasteiger partial charge in [0, 0.05) is 38.5 Å². The van der Waals surface area contributed by atoms with Gasteiger partial charge in [0.1, 0.15) is 0 Å². The normalized spacial score (nSPS) is 13.2. The van der Waals surface area contributed by atoms with Gasteiger partial charge in [0.25, 0.3) is 0 Å². The Kier molecular flexibility index (Phi) is 2.81. The molecule has 0 amide bonds. The van der Waals surface area contributed by atoms with E-state index in [2.05, 4.69) is 11.2 Å². The van der Waals surface area contributed by atoms with Gasteiger partial charge < -0.3 is 9.72 Å². The zero-order valence-electron chi connectivity index (χ0n) is 5.50. The molecule has 1 aromatic heterocycles. The first-order chi connectivity index (χ1) is 4.47. The van der Waals surface area contributed by atoms with Crippen molar-refractivity contribution in [1.29, 1.82) is 0 Å². The van der Waals surface area contributed by atoms with E-state index in [-0.39, 0.29) is 32.7 Å². The van der Waals surface area contributed by atoms with Crippen molar-refractivity contribution in [2.75, 3.05) is 6.61 Å². The van der Waals surface area contributed by atoms with Crippen molar-refractivity contribution in [3.8, 4) is 5.75 Å². The number of nitrogens with zero attached hydrogens (tertiary/aromatic N) is 1. The molecule has 2 heterocycles. The van der Waals surface area contributed by atoms with Crippen LogP contribution in [0.25, 0.3) is 0 Å². The van der Waals surface area contributed by atoms with Crippen LogP contribution in [0.15, 0.2) is 12.3 Å². The Morgan fingerprint density at radius 1 is 1.60 bits per heavy atom. The number of ether oxygens (including phenoxy) is 1. The number of pyridine rings is 1. The molecule has 3 heteroatoms. The molecule has 0 fully saturated rings. The standard InChI is InChI=1S/C7H6NO.Y/c1-3-8-5-6-2-4-9-7(1)6;/h1,3H,2,4H2;/q-1;. The van der Waals surface area contributed by atoms with Gasteiger partial charge in [-0.05, 0) is 6.42 Å². The molecule has 0 aromatic carbocycles. The second kappa shape index (κ2) is 3.45. The summed E-state index contributed by atoms with van der Waals surface area (Å²) in [6.07, 6.45) is 5.53. The van der Waals surface area contributed by atoms with E-state index in [1.54, 1.807) is 6.20 Å². The summed E-state index contributed by atoms with van der Waals surface area (Å²) in [5.74, 6) is 0.949. The Balaban J connectivity index is 0.000000500. The van der Waals surface area contributed by atoms with Crippen molar-refractivity contribution in [3.63, 3.8) is 0 Å². The van der Waals surface area contributed by atoms with E-state index in [1.165, 1.54) is 0 Å². The third kappa shape index (κ3) is 1.38. The van der Waals surface area contributed by atoms with Gasteiger partial charge in [-0.15, -0.1) is 6.07 Å². The molecule has 0 unspecified atom stereocenters. The van der Waals surface area contributed by atoms with E-state index >= 15 is 0 Å². The molecule has 1 aliphatic heterocycles. The zero-order chi connectivity index (χ0) is 6.10. The Morgan fingerprint density at radius 2 is 2.50 bits per heavy atom. The summed E-state index contributed by atoms with van der Waals surface area (Å²) in [5, 5.41) is 0. The molecular formula is C7H6NOY-. The number of hydrogen-bond acceptors (Lipinski definition) is 2. The van der Waals surface area contributed by atoms with Crippen LogP contribution in [0.5, 0.6) is 5.75 Å². The van der Waals surface area contributed by atoms with Crippen LogP contribution in [-0.4, -0.2) is 11.6 Å². The van der Waals surface area contributed by atoms with E-state index in [1.807, 2.05) is 6.07 Å². The molecule has 0 aliphatic carbocycles. The number of aromatic nitrogens is 1. The molecule has 0 spiro atoms. The first-order valence-corrected chi connectivity index (χ1v) is 2.95. The fraction of sp³-hybridized carbons (Fsp3) is 0.286. The molecule has 49 valence electrons. The molecule has 0 saturated carbocycles. The summed E-state index contributed by atoms with van der Waals surface area (Å²) in [6.45, 7) is 0.789. The van der Waals surface area contributed by atoms with Crippen molar-refractivity contribution in [3.05, 3.63) is 24.0 Å². The number of hydrogen-bond donors (Lipinski definition) is 0. The molecule has 0 N–H and O–H groups in total. The van der Waals surface area contributed by atoms with Crippen LogP contribution in [-0.2, 0) is 39.1 Å². The average Bonchev–Trinajstić information content (AvgIpc) is 2.33. The maximum Gasteiger partial charge on any atom is 0.0736 e. The van der Waals surface area contributed by atoms with Crippen LogP contribution in [0, 0.1) is 6.20 Å².